The monoisotopic (exact) mass is 540 g/mol. The summed E-state index contributed by atoms with van der Waals surface area (Å²) in [4.78, 5) is 52.7. The zero-order valence-corrected chi connectivity index (χ0v) is 22.5. The number of carbonyl (C=O) groups excluding carboxylic acids is 3. The number of aromatic nitrogens is 3. The van der Waals surface area contributed by atoms with Crippen molar-refractivity contribution < 1.29 is 14.4 Å². The molecule has 0 atom stereocenters. The van der Waals surface area contributed by atoms with Crippen LogP contribution in [0.4, 0.5) is 17.2 Å². The van der Waals surface area contributed by atoms with Gasteiger partial charge in [0.15, 0.2) is 5.82 Å². The fourth-order valence-corrected chi connectivity index (χ4v) is 4.69. The maximum Gasteiger partial charge on any atom is 0.270 e. The number of nitrogens with zero attached hydrogens (tertiary/aromatic N) is 4. The second-order valence-corrected chi connectivity index (χ2v) is 9.62. The van der Waals surface area contributed by atoms with Crippen LogP contribution in [0.2, 0.25) is 0 Å². The number of hydrogen-bond donors (Lipinski definition) is 4. The molecule has 4 N–H and O–H groups in total. The van der Waals surface area contributed by atoms with Crippen molar-refractivity contribution in [2.24, 2.45) is 0 Å². The number of amides is 3. The van der Waals surface area contributed by atoms with Gasteiger partial charge in [0.2, 0.25) is 11.8 Å². The molecule has 2 aromatic carbocycles. The van der Waals surface area contributed by atoms with Crippen LogP contribution >= 0.6 is 0 Å². The number of rotatable bonds is 8. The van der Waals surface area contributed by atoms with E-state index in [2.05, 4.69) is 25.8 Å². The summed E-state index contributed by atoms with van der Waals surface area (Å²) in [7, 11) is 0. The maximum atomic E-state index is 13.5. The topological polar surface area (TPSA) is 135 Å². The van der Waals surface area contributed by atoms with Gasteiger partial charge in [-0.2, -0.15) is 0 Å². The molecule has 2 aromatic heterocycles. The van der Waals surface area contributed by atoms with E-state index in [1.54, 1.807) is 6.07 Å². The smallest absolute Gasteiger partial charge is 0.270 e. The largest absolute Gasteiger partial charge is 0.368 e. The van der Waals surface area contributed by atoms with Crippen LogP contribution < -0.4 is 20.9 Å². The third kappa shape index (κ3) is 6.20. The summed E-state index contributed by atoms with van der Waals surface area (Å²) in [5.41, 5.74) is 3.68. The molecule has 40 heavy (non-hydrogen) atoms. The summed E-state index contributed by atoms with van der Waals surface area (Å²) in [5.74, 6) is 0.832. The van der Waals surface area contributed by atoms with Gasteiger partial charge in [-0.1, -0.05) is 30.3 Å². The van der Waals surface area contributed by atoms with Crippen LogP contribution in [0.5, 0.6) is 0 Å². The first-order valence-corrected chi connectivity index (χ1v) is 13.2. The number of benzene rings is 2. The van der Waals surface area contributed by atoms with Gasteiger partial charge in [-0.05, 0) is 30.3 Å². The summed E-state index contributed by atoms with van der Waals surface area (Å²) in [6.07, 6.45) is 0. The maximum absolute atomic E-state index is 13.5. The molecule has 5 rings (SSSR count). The number of anilines is 3. The van der Waals surface area contributed by atoms with Crippen LogP contribution in [0.25, 0.3) is 22.4 Å². The molecular weight excluding hydrogens is 508 g/mol. The molecular formula is C29H32N8O3. The molecule has 1 fully saturated rings. The average Bonchev–Trinajstić information content (AvgIpc) is 3.40. The Balaban J connectivity index is 1.31. The van der Waals surface area contributed by atoms with Gasteiger partial charge in [-0.15, -0.1) is 0 Å². The third-order valence-electron chi connectivity index (χ3n) is 6.66. The first-order chi connectivity index (χ1) is 19.4. The van der Waals surface area contributed by atoms with E-state index in [-0.39, 0.29) is 17.7 Å². The predicted molar refractivity (Wildman–Crippen MR) is 155 cm³/mol. The van der Waals surface area contributed by atoms with E-state index in [1.807, 2.05) is 59.5 Å². The van der Waals surface area contributed by atoms with Gasteiger partial charge in [0.25, 0.3) is 5.91 Å². The first kappa shape index (κ1) is 26.7. The highest BCUT2D eigenvalue weighted by molar-refractivity contribution is 6.00. The summed E-state index contributed by atoms with van der Waals surface area (Å²) in [5, 5.41) is 9.54. The number of nitrogens with one attached hydrogen (secondary N) is 4. The second kappa shape index (κ2) is 11.9. The van der Waals surface area contributed by atoms with E-state index >= 15 is 0 Å². The lowest BCUT2D eigenvalue weighted by atomic mass is 10.2. The Kier molecular flexibility index (Phi) is 7.90. The highest BCUT2D eigenvalue weighted by Crippen LogP contribution is 2.27. The fourth-order valence-electron chi connectivity index (χ4n) is 4.69. The third-order valence-corrected chi connectivity index (χ3v) is 6.66. The van der Waals surface area contributed by atoms with Gasteiger partial charge in [-0.3, -0.25) is 14.4 Å². The molecule has 4 aromatic rings. The zero-order valence-electron chi connectivity index (χ0n) is 22.5. The normalized spacial score (nSPS) is 13.2. The van der Waals surface area contributed by atoms with Crippen molar-refractivity contribution in [1.29, 1.82) is 0 Å². The highest BCUT2D eigenvalue weighted by atomic mass is 16.2. The molecule has 0 radical (unpaired) electrons. The van der Waals surface area contributed by atoms with Gasteiger partial charge in [0.1, 0.15) is 17.2 Å². The minimum atomic E-state index is -0.105. The minimum absolute atomic E-state index is 0.0934. The predicted octanol–water partition coefficient (Wildman–Crippen LogP) is 3.09. The van der Waals surface area contributed by atoms with Crippen LogP contribution in [-0.2, 0) is 9.59 Å². The van der Waals surface area contributed by atoms with Crippen LogP contribution in [0, 0.1) is 0 Å². The Morgan fingerprint density at radius 2 is 1.60 bits per heavy atom. The van der Waals surface area contributed by atoms with E-state index in [1.165, 1.54) is 13.8 Å². The molecule has 0 saturated carbocycles. The van der Waals surface area contributed by atoms with Crippen LogP contribution in [0.15, 0.2) is 60.7 Å². The molecule has 206 valence electrons. The average molecular weight is 541 g/mol. The lowest BCUT2D eigenvalue weighted by molar-refractivity contribution is -0.119. The molecule has 11 heteroatoms. The molecule has 1 saturated heterocycles. The highest BCUT2D eigenvalue weighted by Gasteiger charge is 2.25. The van der Waals surface area contributed by atoms with Crippen LogP contribution in [0.1, 0.15) is 24.3 Å². The Labute approximate surface area is 232 Å². The molecule has 0 spiro atoms. The van der Waals surface area contributed by atoms with Crippen molar-refractivity contribution in [1.82, 2.24) is 25.2 Å². The fraction of sp³-hybridized carbons (Fsp3) is 0.276. The van der Waals surface area contributed by atoms with Crippen molar-refractivity contribution >= 4 is 45.9 Å². The molecule has 3 amide bonds. The summed E-state index contributed by atoms with van der Waals surface area (Å²) >= 11 is 0. The van der Waals surface area contributed by atoms with Crippen LogP contribution in [-0.4, -0.2) is 76.8 Å². The van der Waals surface area contributed by atoms with Gasteiger partial charge >= 0.3 is 0 Å². The second-order valence-electron chi connectivity index (χ2n) is 9.62. The Morgan fingerprint density at radius 3 is 2.27 bits per heavy atom. The number of piperazine rings is 1. The minimum Gasteiger partial charge on any atom is -0.368 e. The van der Waals surface area contributed by atoms with Gasteiger partial charge in [0.05, 0.1) is 5.39 Å². The lowest BCUT2D eigenvalue weighted by Gasteiger charge is -2.36. The van der Waals surface area contributed by atoms with Crippen molar-refractivity contribution in [2.75, 3.05) is 54.8 Å². The standard InChI is InChI=1S/C29H32N8O3/c1-19(38)30-12-13-31-27-24-18-25(33-28(24)35-26(34-27)21-6-4-3-5-7-21)29(40)37-16-14-36(15-17-37)23-10-8-22(9-11-23)32-20(2)39/h3-11,18H,12-17H2,1-2H3,(H,30,38)(H,32,39)(H2,31,33,34,35). The summed E-state index contributed by atoms with van der Waals surface area (Å²) in [6.45, 7) is 6.41. The SMILES string of the molecule is CC(=O)NCCNc1nc(-c2ccccc2)nc2[nH]c(C(=O)N3CCN(c4ccc(NC(C)=O)cc4)CC3)cc12. The molecule has 3 heterocycles. The van der Waals surface area contributed by atoms with Crippen molar-refractivity contribution in [3.05, 3.63) is 66.4 Å². The van der Waals surface area contributed by atoms with E-state index < -0.39 is 0 Å². The lowest BCUT2D eigenvalue weighted by Crippen LogP contribution is -2.48. The molecule has 0 unspecified atom stereocenters. The van der Waals surface area contributed by atoms with E-state index in [4.69, 9.17) is 9.97 Å². The van der Waals surface area contributed by atoms with Crippen molar-refractivity contribution in [3.63, 3.8) is 0 Å². The van der Waals surface area contributed by atoms with Gasteiger partial charge in [-0.25, -0.2) is 9.97 Å². The van der Waals surface area contributed by atoms with Crippen LogP contribution in [0.3, 0.4) is 0 Å². The van der Waals surface area contributed by atoms with Gasteiger partial charge < -0.3 is 30.7 Å². The Bertz CT molecular complexity index is 1510. The molecule has 11 nitrogen and oxygen atoms in total. The van der Waals surface area contributed by atoms with Gasteiger partial charge in [0, 0.05) is 70.1 Å². The van der Waals surface area contributed by atoms with E-state index in [0.717, 1.165) is 16.9 Å². The number of hydrogen-bond acceptors (Lipinski definition) is 7. The summed E-state index contributed by atoms with van der Waals surface area (Å²) in [6, 6.07) is 19.2. The molecule has 1 aliphatic heterocycles. The molecule has 0 bridgehead atoms. The number of fused-ring (bicyclic) bond motifs is 1. The van der Waals surface area contributed by atoms with E-state index in [9.17, 15) is 14.4 Å². The molecule has 0 aliphatic carbocycles. The Morgan fingerprint density at radius 1 is 0.875 bits per heavy atom. The molecule has 1 aliphatic rings. The first-order valence-electron chi connectivity index (χ1n) is 13.2. The summed E-state index contributed by atoms with van der Waals surface area (Å²) < 4.78 is 0. The Hall–Kier alpha value is -4.93. The van der Waals surface area contributed by atoms with Crippen molar-refractivity contribution in [3.8, 4) is 11.4 Å². The zero-order chi connectivity index (χ0) is 28.1. The number of carbonyl (C=O) groups is 3. The van der Waals surface area contributed by atoms with Crippen molar-refractivity contribution in [2.45, 2.75) is 13.8 Å². The number of aromatic amines is 1. The number of H-pyrrole nitrogens is 1. The van der Waals surface area contributed by atoms with E-state index in [0.29, 0.717) is 67.6 Å². The quantitative estimate of drug-likeness (QED) is 0.252.